The first kappa shape index (κ1) is 19.0. The summed E-state index contributed by atoms with van der Waals surface area (Å²) in [6.07, 6.45) is 1.28. The molecule has 1 unspecified atom stereocenters. The number of nitrogens with zero attached hydrogens (tertiary/aromatic N) is 1. The summed E-state index contributed by atoms with van der Waals surface area (Å²) < 4.78 is 39.8. The van der Waals surface area contributed by atoms with Crippen molar-refractivity contribution in [3.05, 3.63) is 52.0 Å². The van der Waals surface area contributed by atoms with Gasteiger partial charge in [0.25, 0.3) is 0 Å². The fourth-order valence-corrected chi connectivity index (χ4v) is 5.40. The van der Waals surface area contributed by atoms with E-state index in [0.717, 1.165) is 22.6 Å². The van der Waals surface area contributed by atoms with E-state index in [0.29, 0.717) is 25.9 Å². The number of piperidine rings is 1. The van der Waals surface area contributed by atoms with E-state index >= 15 is 0 Å². The van der Waals surface area contributed by atoms with Gasteiger partial charge in [0.1, 0.15) is 5.82 Å². The standard InChI is InChI=1S/C18H21FN2O3S2/c1-13-8-10-25-17(13)11-20-18(22)14-3-2-9-21(12-14)26(23,24)16-6-4-15(19)5-7-16/h4-8,10,14H,2-3,9,11-12H2,1H3,(H,20,22). The number of rotatable bonds is 5. The summed E-state index contributed by atoms with van der Waals surface area (Å²) in [5.74, 6) is -0.986. The van der Waals surface area contributed by atoms with Crippen LogP contribution < -0.4 is 5.32 Å². The molecule has 0 spiro atoms. The zero-order valence-electron chi connectivity index (χ0n) is 14.4. The molecular formula is C18H21FN2O3S2. The summed E-state index contributed by atoms with van der Waals surface area (Å²) >= 11 is 1.59. The third-order valence-corrected chi connectivity index (χ3v) is 7.50. The fraction of sp³-hybridized carbons (Fsp3) is 0.389. The Morgan fingerprint density at radius 1 is 1.31 bits per heavy atom. The van der Waals surface area contributed by atoms with Crippen LogP contribution in [0.5, 0.6) is 0 Å². The Kier molecular flexibility index (Phi) is 5.74. The van der Waals surface area contributed by atoms with Gasteiger partial charge >= 0.3 is 0 Å². The molecule has 1 fully saturated rings. The van der Waals surface area contributed by atoms with Crippen molar-refractivity contribution >= 4 is 27.3 Å². The number of carbonyl (C=O) groups excluding carboxylic acids is 1. The van der Waals surface area contributed by atoms with Crippen LogP contribution in [0.1, 0.15) is 23.3 Å². The van der Waals surface area contributed by atoms with Crippen LogP contribution in [0, 0.1) is 18.7 Å². The molecule has 5 nitrogen and oxygen atoms in total. The molecule has 0 aliphatic carbocycles. The quantitative estimate of drug-likeness (QED) is 0.845. The number of thiophene rings is 1. The average Bonchev–Trinajstić information content (AvgIpc) is 3.05. The van der Waals surface area contributed by atoms with Crippen LogP contribution in [0.3, 0.4) is 0 Å². The third kappa shape index (κ3) is 4.13. The number of sulfonamides is 1. The van der Waals surface area contributed by atoms with Crippen LogP contribution in [-0.4, -0.2) is 31.7 Å². The van der Waals surface area contributed by atoms with Crippen LogP contribution in [0.2, 0.25) is 0 Å². The van der Waals surface area contributed by atoms with E-state index in [9.17, 15) is 17.6 Å². The van der Waals surface area contributed by atoms with Gasteiger partial charge in [-0.3, -0.25) is 4.79 Å². The molecule has 1 aliphatic heterocycles. The van der Waals surface area contributed by atoms with Gasteiger partial charge in [-0.2, -0.15) is 4.31 Å². The number of carbonyl (C=O) groups is 1. The molecule has 0 radical (unpaired) electrons. The van der Waals surface area contributed by atoms with E-state index in [1.165, 1.54) is 16.4 Å². The topological polar surface area (TPSA) is 66.5 Å². The lowest BCUT2D eigenvalue weighted by Gasteiger charge is -2.31. The van der Waals surface area contributed by atoms with Crippen molar-refractivity contribution in [1.82, 2.24) is 9.62 Å². The van der Waals surface area contributed by atoms with Gasteiger partial charge in [0.2, 0.25) is 15.9 Å². The normalized spacial score (nSPS) is 18.6. The molecule has 0 saturated carbocycles. The predicted octanol–water partition coefficient (Wildman–Crippen LogP) is 2.91. The minimum Gasteiger partial charge on any atom is -0.351 e. The Balaban J connectivity index is 1.65. The molecular weight excluding hydrogens is 375 g/mol. The first-order valence-corrected chi connectivity index (χ1v) is 10.8. The first-order valence-electron chi connectivity index (χ1n) is 8.44. The summed E-state index contributed by atoms with van der Waals surface area (Å²) in [6, 6.07) is 6.78. The summed E-state index contributed by atoms with van der Waals surface area (Å²) in [5.41, 5.74) is 1.14. The second-order valence-electron chi connectivity index (χ2n) is 6.40. The van der Waals surface area contributed by atoms with Crippen LogP contribution in [0.4, 0.5) is 4.39 Å². The molecule has 1 N–H and O–H groups in total. The van der Waals surface area contributed by atoms with E-state index < -0.39 is 15.8 Å². The highest BCUT2D eigenvalue weighted by Gasteiger charge is 2.33. The number of nitrogens with one attached hydrogen (secondary N) is 1. The number of hydrogen-bond acceptors (Lipinski definition) is 4. The van der Waals surface area contributed by atoms with Gasteiger partial charge in [-0.05, 0) is 61.0 Å². The van der Waals surface area contributed by atoms with Crippen LogP contribution in [0.15, 0.2) is 40.6 Å². The molecule has 140 valence electrons. The van der Waals surface area contributed by atoms with Crippen molar-refractivity contribution in [3.63, 3.8) is 0 Å². The summed E-state index contributed by atoms with van der Waals surface area (Å²) in [7, 11) is -3.72. The maximum absolute atomic E-state index is 13.1. The Morgan fingerprint density at radius 2 is 2.04 bits per heavy atom. The van der Waals surface area contributed by atoms with Crippen molar-refractivity contribution < 1.29 is 17.6 Å². The molecule has 2 heterocycles. The van der Waals surface area contributed by atoms with Crippen LogP contribution >= 0.6 is 11.3 Å². The average molecular weight is 397 g/mol. The van der Waals surface area contributed by atoms with Crippen molar-refractivity contribution in [1.29, 1.82) is 0 Å². The van der Waals surface area contributed by atoms with E-state index in [-0.39, 0.29) is 23.3 Å². The van der Waals surface area contributed by atoms with Gasteiger partial charge in [0.15, 0.2) is 0 Å². The Bertz CT molecular complexity index is 878. The molecule has 3 rings (SSSR count). The van der Waals surface area contributed by atoms with Crippen molar-refractivity contribution in [2.75, 3.05) is 13.1 Å². The van der Waals surface area contributed by atoms with Gasteiger partial charge < -0.3 is 5.32 Å². The van der Waals surface area contributed by atoms with Gasteiger partial charge in [-0.15, -0.1) is 11.3 Å². The predicted molar refractivity (Wildman–Crippen MR) is 98.8 cm³/mol. The fourth-order valence-electron chi connectivity index (χ4n) is 3.03. The maximum Gasteiger partial charge on any atom is 0.243 e. The zero-order valence-corrected chi connectivity index (χ0v) is 16.1. The molecule has 0 bridgehead atoms. The summed E-state index contributed by atoms with van der Waals surface area (Å²) in [6.45, 7) is 2.97. The van der Waals surface area contributed by atoms with E-state index in [1.54, 1.807) is 11.3 Å². The van der Waals surface area contributed by atoms with Crippen LogP contribution in [0.25, 0.3) is 0 Å². The minimum atomic E-state index is -3.72. The minimum absolute atomic E-state index is 0.0502. The van der Waals surface area contributed by atoms with Crippen molar-refractivity contribution in [2.45, 2.75) is 31.2 Å². The number of aryl methyl sites for hydroxylation is 1. The third-order valence-electron chi connectivity index (χ3n) is 4.60. The van der Waals surface area contributed by atoms with E-state index in [4.69, 9.17) is 0 Å². The Morgan fingerprint density at radius 3 is 2.69 bits per heavy atom. The SMILES string of the molecule is Cc1ccsc1CNC(=O)C1CCCN(S(=O)(=O)c2ccc(F)cc2)C1. The number of amides is 1. The molecule has 1 aliphatic rings. The lowest BCUT2D eigenvalue weighted by Crippen LogP contribution is -2.45. The van der Waals surface area contributed by atoms with E-state index in [1.807, 2.05) is 18.4 Å². The molecule has 1 atom stereocenters. The zero-order chi connectivity index (χ0) is 18.7. The molecule has 1 aromatic carbocycles. The molecule has 26 heavy (non-hydrogen) atoms. The Hall–Kier alpha value is -1.77. The molecule has 1 saturated heterocycles. The summed E-state index contributed by atoms with van der Waals surface area (Å²) in [4.78, 5) is 13.6. The lowest BCUT2D eigenvalue weighted by atomic mass is 9.99. The molecule has 1 amide bonds. The highest BCUT2D eigenvalue weighted by Crippen LogP contribution is 2.24. The molecule has 1 aromatic heterocycles. The number of halogens is 1. The highest BCUT2D eigenvalue weighted by atomic mass is 32.2. The van der Waals surface area contributed by atoms with Crippen molar-refractivity contribution in [2.24, 2.45) is 5.92 Å². The second kappa shape index (κ2) is 7.85. The van der Waals surface area contributed by atoms with Gasteiger partial charge in [0, 0.05) is 18.0 Å². The smallest absolute Gasteiger partial charge is 0.243 e. The Labute approximate surface area is 156 Å². The van der Waals surface area contributed by atoms with Crippen molar-refractivity contribution in [3.8, 4) is 0 Å². The molecule has 2 aromatic rings. The number of hydrogen-bond donors (Lipinski definition) is 1. The summed E-state index contributed by atoms with van der Waals surface area (Å²) in [5, 5.41) is 4.90. The van der Waals surface area contributed by atoms with E-state index in [2.05, 4.69) is 5.32 Å². The maximum atomic E-state index is 13.1. The largest absolute Gasteiger partial charge is 0.351 e. The first-order chi connectivity index (χ1) is 12.4. The lowest BCUT2D eigenvalue weighted by molar-refractivity contribution is -0.126. The number of benzene rings is 1. The van der Waals surface area contributed by atoms with Crippen LogP contribution in [-0.2, 0) is 21.4 Å². The monoisotopic (exact) mass is 396 g/mol. The van der Waals surface area contributed by atoms with Gasteiger partial charge in [0.05, 0.1) is 17.4 Å². The van der Waals surface area contributed by atoms with Gasteiger partial charge in [-0.25, -0.2) is 12.8 Å². The highest BCUT2D eigenvalue weighted by molar-refractivity contribution is 7.89. The molecule has 8 heteroatoms. The second-order valence-corrected chi connectivity index (χ2v) is 9.34. The van der Waals surface area contributed by atoms with Gasteiger partial charge in [-0.1, -0.05) is 0 Å².